The average Bonchev–Trinajstić information content (AvgIpc) is 2.36. The van der Waals surface area contributed by atoms with Crippen LogP contribution in [0.15, 0.2) is 27.6 Å². The number of amides is 1. The van der Waals surface area contributed by atoms with Crippen LogP contribution in [0.1, 0.15) is 26.7 Å². The standard InChI is InChI=1S/C14H21BrN2O3/c1-10(2)7-12(18)8-16-13(19)5-6-17-9-11(15)3-4-14(17)20/h3-4,9-10,12,18H,5-8H2,1-2H3,(H,16,19). The molecule has 0 spiro atoms. The van der Waals surface area contributed by atoms with Gasteiger partial charge in [-0.05, 0) is 34.3 Å². The van der Waals surface area contributed by atoms with E-state index < -0.39 is 6.10 Å². The lowest BCUT2D eigenvalue weighted by atomic mass is 10.1. The third-order valence-electron chi connectivity index (χ3n) is 2.81. The van der Waals surface area contributed by atoms with Crippen LogP contribution in [-0.2, 0) is 11.3 Å². The topological polar surface area (TPSA) is 71.3 Å². The SMILES string of the molecule is CC(C)CC(O)CNC(=O)CCn1cc(Br)ccc1=O. The van der Waals surface area contributed by atoms with Gasteiger partial charge in [-0.1, -0.05) is 13.8 Å². The number of nitrogens with zero attached hydrogens (tertiary/aromatic N) is 1. The number of hydrogen-bond acceptors (Lipinski definition) is 3. The third-order valence-corrected chi connectivity index (χ3v) is 3.27. The van der Waals surface area contributed by atoms with Crippen LogP contribution in [0.4, 0.5) is 0 Å². The molecule has 6 heteroatoms. The fourth-order valence-corrected chi connectivity index (χ4v) is 2.23. The van der Waals surface area contributed by atoms with Crippen LogP contribution in [0.25, 0.3) is 0 Å². The Morgan fingerprint density at radius 1 is 1.45 bits per heavy atom. The summed E-state index contributed by atoms with van der Waals surface area (Å²) in [5.74, 6) is 0.224. The summed E-state index contributed by atoms with van der Waals surface area (Å²) < 4.78 is 2.28. The lowest BCUT2D eigenvalue weighted by Crippen LogP contribution is -2.33. The molecule has 1 unspecified atom stereocenters. The van der Waals surface area contributed by atoms with Gasteiger partial charge >= 0.3 is 0 Å². The number of aliphatic hydroxyl groups excluding tert-OH is 1. The van der Waals surface area contributed by atoms with Crippen molar-refractivity contribution in [3.8, 4) is 0 Å². The number of aliphatic hydroxyl groups is 1. The normalized spacial score (nSPS) is 12.4. The van der Waals surface area contributed by atoms with E-state index in [2.05, 4.69) is 21.2 Å². The van der Waals surface area contributed by atoms with Crippen LogP contribution < -0.4 is 10.9 Å². The Hall–Kier alpha value is -1.14. The van der Waals surface area contributed by atoms with Gasteiger partial charge in [0.1, 0.15) is 0 Å². The van der Waals surface area contributed by atoms with Crippen LogP contribution in [0.3, 0.4) is 0 Å². The fraction of sp³-hybridized carbons (Fsp3) is 0.571. The number of rotatable bonds is 7. The summed E-state index contributed by atoms with van der Waals surface area (Å²) in [6.45, 7) is 4.62. The molecule has 0 fully saturated rings. The summed E-state index contributed by atoms with van der Waals surface area (Å²) in [4.78, 5) is 23.2. The van der Waals surface area contributed by atoms with Gasteiger partial charge in [0.05, 0.1) is 6.10 Å². The minimum absolute atomic E-state index is 0.138. The van der Waals surface area contributed by atoms with E-state index in [1.165, 1.54) is 10.6 Å². The Morgan fingerprint density at radius 2 is 2.15 bits per heavy atom. The first kappa shape index (κ1) is 16.9. The van der Waals surface area contributed by atoms with Gasteiger partial charge in [-0.2, -0.15) is 0 Å². The summed E-state index contributed by atoms with van der Waals surface area (Å²) in [7, 11) is 0. The molecular formula is C14H21BrN2O3. The molecule has 5 nitrogen and oxygen atoms in total. The monoisotopic (exact) mass is 344 g/mol. The zero-order chi connectivity index (χ0) is 15.1. The van der Waals surface area contributed by atoms with E-state index in [1.807, 2.05) is 13.8 Å². The van der Waals surface area contributed by atoms with Gasteiger partial charge in [-0.25, -0.2) is 0 Å². The molecule has 20 heavy (non-hydrogen) atoms. The van der Waals surface area contributed by atoms with Crippen molar-refractivity contribution < 1.29 is 9.90 Å². The highest BCUT2D eigenvalue weighted by Crippen LogP contribution is 2.05. The molecule has 1 atom stereocenters. The van der Waals surface area contributed by atoms with E-state index in [9.17, 15) is 14.7 Å². The molecule has 1 aromatic heterocycles. The maximum atomic E-state index is 11.7. The molecule has 0 aliphatic carbocycles. The molecule has 0 saturated carbocycles. The van der Waals surface area contributed by atoms with Gasteiger partial charge in [0.2, 0.25) is 5.91 Å². The van der Waals surface area contributed by atoms with Gasteiger partial charge in [0.25, 0.3) is 5.56 Å². The Kier molecular flexibility index (Phi) is 6.95. The second kappa shape index (κ2) is 8.21. The van der Waals surface area contributed by atoms with E-state index in [0.717, 1.165) is 4.47 Å². The largest absolute Gasteiger partial charge is 0.391 e. The van der Waals surface area contributed by atoms with Crippen molar-refractivity contribution in [3.05, 3.63) is 33.2 Å². The number of carbonyl (C=O) groups is 1. The number of pyridine rings is 1. The number of halogens is 1. The lowest BCUT2D eigenvalue weighted by molar-refractivity contribution is -0.121. The number of aromatic nitrogens is 1. The Morgan fingerprint density at radius 3 is 2.80 bits per heavy atom. The van der Waals surface area contributed by atoms with E-state index >= 15 is 0 Å². The van der Waals surface area contributed by atoms with Gasteiger partial charge in [0.15, 0.2) is 0 Å². The third kappa shape index (κ3) is 6.34. The number of aryl methyl sites for hydroxylation is 1. The first-order valence-electron chi connectivity index (χ1n) is 6.69. The van der Waals surface area contributed by atoms with Crippen LogP contribution in [0.5, 0.6) is 0 Å². The quantitative estimate of drug-likeness (QED) is 0.787. The van der Waals surface area contributed by atoms with Crippen molar-refractivity contribution in [2.45, 2.75) is 39.3 Å². The van der Waals surface area contributed by atoms with Crippen molar-refractivity contribution >= 4 is 21.8 Å². The molecule has 1 heterocycles. The molecule has 0 saturated heterocycles. The summed E-state index contributed by atoms with van der Waals surface area (Å²) in [5, 5.41) is 12.3. The number of carbonyl (C=O) groups excluding carboxylic acids is 1. The highest BCUT2D eigenvalue weighted by atomic mass is 79.9. The Balaban J connectivity index is 2.36. The average molecular weight is 345 g/mol. The first-order chi connectivity index (χ1) is 9.38. The molecule has 0 bridgehead atoms. The summed E-state index contributed by atoms with van der Waals surface area (Å²) in [6, 6.07) is 3.12. The molecule has 0 radical (unpaired) electrons. The van der Waals surface area contributed by atoms with Crippen LogP contribution >= 0.6 is 15.9 Å². The summed E-state index contributed by atoms with van der Waals surface area (Å²) in [5.41, 5.74) is -0.138. The first-order valence-corrected chi connectivity index (χ1v) is 7.48. The molecule has 1 amide bonds. The molecule has 1 aromatic rings. The van der Waals surface area contributed by atoms with E-state index in [-0.39, 0.29) is 24.4 Å². The molecule has 0 aromatic carbocycles. The van der Waals surface area contributed by atoms with Gasteiger partial charge in [-0.3, -0.25) is 9.59 Å². The molecule has 1 rings (SSSR count). The van der Waals surface area contributed by atoms with Gasteiger partial charge < -0.3 is 15.0 Å². The van der Waals surface area contributed by atoms with E-state index in [1.54, 1.807) is 12.3 Å². The minimum atomic E-state index is -0.521. The van der Waals surface area contributed by atoms with Crippen molar-refractivity contribution in [3.63, 3.8) is 0 Å². The minimum Gasteiger partial charge on any atom is -0.391 e. The van der Waals surface area contributed by atoms with Crippen molar-refractivity contribution in [2.75, 3.05) is 6.54 Å². The van der Waals surface area contributed by atoms with Crippen molar-refractivity contribution in [1.29, 1.82) is 0 Å². The number of hydrogen-bond donors (Lipinski definition) is 2. The van der Waals surface area contributed by atoms with E-state index in [0.29, 0.717) is 18.9 Å². The van der Waals surface area contributed by atoms with Gasteiger partial charge in [0, 0.05) is 36.2 Å². The van der Waals surface area contributed by atoms with Crippen molar-refractivity contribution in [2.24, 2.45) is 5.92 Å². The molecule has 0 aliphatic rings. The predicted molar refractivity (Wildman–Crippen MR) is 81.5 cm³/mol. The van der Waals surface area contributed by atoms with Gasteiger partial charge in [-0.15, -0.1) is 0 Å². The summed E-state index contributed by atoms with van der Waals surface area (Å²) in [6.07, 6.45) is 2.01. The highest BCUT2D eigenvalue weighted by Gasteiger charge is 2.09. The second-order valence-corrected chi connectivity index (χ2v) is 6.13. The molecular weight excluding hydrogens is 324 g/mol. The molecule has 2 N–H and O–H groups in total. The lowest BCUT2D eigenvalue weighted by Gasteiger charge is -2.14. The smallest absolute Gasteiger partial charge is 0.250 e. The maximum absolute atomic E-state index is 11.7. The zero-order valence-corrected chi connectivity index (χ0v) is 13.4. The summed E-state index contributed by atoms with van der Waals surface area (Å²) >= 11 is 3.28. The van der Waals surface area contributed by atoms with Crippen molar-refractivity contribution in [1.82, 2.24) is 9.88 Å². The zero-order valence-electron chi connectivity index (χ0n) is 11.8. The fourth-order valence-electron chi connectivity index (χ4n) is 1.85. The Bertz CT molecular complexity index is 499. The second-order valence-electron chi connectivity index (χ2n) is 5.22. The Labute approximate surface area is 127 Å². The number of nitrogens with one attached hydrogen (secondary N) is 1. The molecule has 0 aliphatic heterocycles. The van der Waals surface area contributed by atoms with E-state index in [4.69, 9.17) is 0 Å². The maximum Gasteiger partial charge on any atom is 0.250 e. The highest BCUT2D eigenvalue weighted by molar-refractivity contribution is 9.10. The van der Waals surface area contributed by atoms with Crippen LogP contribution in [-0.4, -0.2) is 28.2 Å². The predicted octanol–water partition coefficient (Wildman–Crippen LogP) is 1.52. The van der Waals surface area contributed by atoms with Crippen LogP contribution in [0.2, 0.25) is 0 Å². The molecule has 112 valence electrons. The van der Waals surface area contributed by atoms with Crippen LogP contribution in [0, 0.1) is 5.92 Å².